The molecule has 2 heterocycles. The molecule has 0 amide bonds. The van der Waals surface area contributed by atoms with Crippen molar-refractivity contribution in [2.75, 3.05) is 32.7 Å². The molecule has 0 atom stereocenters. The SMILES string of the molecule is Cc1ccc(CN2CCN(CC=Cc3ccccc3)CC2)s1. The van der Waals surface area contributed by atoms with E-state index in [0.717, 1.165) is 13.1 Å². The van der Waals surface area contributed by atoms with Crippen molar-refractivity contribution in [1.82, 2.24) is 9.80 Å². The van der Waals surface area contributed by atoms with Gasteiger partial charge in [0, 0.05) is 49.0 Å². The topological polar surface area (TPSA) is 6.48 Å². The quantitative estimate of drug-likeness (QED) is 0.826. The Morgan fingerprint density at radius 1 is 0.955 bits per heavy atom. The number of rotatable bonds is 5. The molecule has 1 saturated heterocycles. The van der Waals surface area contributed by atoms with E-state index in [4.69, 9.17) is 0 Å². The average Bonchev–Trinajstić information content (AvgIpc) is 2.95. The highest BCUT2D eigenvalue weighted by molar-refractivity contribution is 7.11. The summed E-state index contributed by atoms with van der Waals surface area (Å²) in [4.78, 5) is 8.02. The van der Waals surface area contributed by atoms with E-state index in [1.807, 2.05) is 11.3 Å². The molecule has 2 nitrogen and oxygen atoms in total. The highest BCUT2D eigenvalue weighted by Crippen LogP contribution is 2.18. The summed E-state index contributed by atoms with van der Waals surface area (Å²) < 4.78 is 0. The van der Waals surface area contributed by atoms with Crippen LogP contribution in [0.3, 0.4) is 0 Å². The molecule has 1 aromatic heterocycles. The van der Waals surface area contributed by atoms with Crippen LogP contribution in [0.5, 0.6) is 0 Å². The zero-order valence-corrected chi connectivity index (χ0v) is 14.1. The molecule has 2 aromatic rings. The zero-order valence-electron chi connectivity index (χ0n) is 13.2. The molecule has 1 aliphatic heterocycles. The van der Waals surface area contributed by atoms with Crippen LogP contribution in [0.1, 0.15) is 15.3 Å². The monoisotopic (exact) mass is 312 g/mol. The van der Waals surface area contributed by atoms with Crippen LogP contribution in [0.25, 0.3) is 6.08 Å². The van der Waals surface area contributed by atoms with Crippen LogP contribution in [0.4, 0.5) is 0 Å². The van der Waals surface area contributed by atoms with Gasteiger partial charge in [0.05, 0.1) is 0 Å². The first-order chi connectivity index (χ1) is 10.8. The Balaban J connectivity index is 1.41. The van der Waals surface area contributed by atoms with E-state index in [9.17, 15) is 0 Å². The molecule has 22 heavy (non-hydrogen) atoms. The normalized spacial score (nSPS) is 17.3. The first-order valence-electron chi connectivity index (χ1n) is 8.01. The van der Waals surface area contributed by atoms with Crippen LogP contribution in [0.2, 0.25) is 0 Å². The van der Waals surface area contributed by atoms with Crippen LogP contribution < -0.4 is 0 Å². The second kappa shape index (κ2) is 7.73. The molecule has 1 fully saturated rings. The minimum absolute atomic E-state index is 1.06. The Morgan fingerprint density at radius 2 is 1.68 bits per heavy atom. The van der Waals surface area contributed by atoms with E-state index >= 15 is 0 Å². The highest BCUT2D eigenvalue weighted by atomic mass is 32.1. The van der Waals surface area contributed by atoms with Crippen molar-refractivity contribution in [3.63, 3.8) is 0 Å². The van der Waals surface area contributed by atoms with Crippen molar-refractivity contribution in [3.05, 3.63) is 63.9 Å². The molecule has 1 aliphatic rings. The summed E-state index contributed by atoms with van der Waals surface area (Å²) >= 11 is 1.93. The van der Waals surface area contributed by atoms with E-state index in [1.165, 1.54) is 41.5 Å². The fourth-order valence-electron chi connectivity index (χ4n) is 2.82. The Bertz CT molecular complexity index is 595. The molecule has 0 N–H and O–H groups in total. The second-order valence-corrected chi connectivity index (χ2v) is 7.27. The lowest BCUT2D eigenvalue weighted by Gasteiger charge is -2.33. The van der Waals surface area contributed by atoms with Gasteiger partial charge in [-0.2, -0.15) is 0 Å². The maximum Gasteiger partial charge on any atom is 0.0329 e. The third-order valence-electron chi connectivity index (χ3n) is 4.11. The van der Waals surface area contributed by atoms with Gasteiger partial charge in [-0.1, -0.05) is 42.5 Å². The Hall–Kier alpha value is -1.42. The summed E-state index contributed by atoms with van der Waals surface area (Å²) in [6, 6.07) is 15.0. The zero-order chi connectivity index (χ0) is 15.2. The molecule has 3 heteroatoms. The molecule has 0 unspecified atom stereocenters. The van der Waals surface area contributed by atoms with Crippen LogP contribution in [0.15, 0.2) is 48.5 Å². The molecule has 0 saturated carbocycles. The smallest absolute Gasteiger partial charge is 0.0329 e. The molecule has 0 bridgehead atoms. The van der Waals surface area contributed by atoms with E-state index in [1.54, 1.807) is 0 Å². The van der Waals surface area contributed by atoms with Gasteiger partial charge >= 0.3 is 0 Å². The van der Waals surface area contributed by atoms with Gasteiger partial charge in [0.25, 0.3) is 0 Å². The molecule has 0 aliphatic carbocycles. The third-order valence-corrected chi connectivity index (χ3v) is 5.10. The predicted octanol–water partition coefficient (Wildman–Crippen LogP) is 3.89. The van der Waals surface area contributed by atoms with Crippen LogP contribution in [-0.4, -0.2) is 42.5 Å². The molecule has 0 spiro atoms. The van der Waals surface area contributed by atoms with Crippen molar-refractivity contribution >= 4 is 17.4 Å². The molecule has 3 rings (SSSR count). The van der Waals surface area contributed by atoms with Gasteiger partial charge in [0.2, 0.25) is 0 Å². The van der Waals surface area contributed by atoms with Crippen molar-refractivity contribution in [2.24, 2.45) is 0 Å². The maximum atomic E-state index is 2.57. The first-order valence-corrected chi connectivity index (χ1v) is 8.83. The molecule has 1 aromatic carbocycles. The summed E-state index contributed by atoms with van der Waals surface area (Å²) in [5.74, 6) is 0. The lowest BCUT2D eigenvalue weighted by molar-refractivity contribution is 0.138. The number of thiophene rings is 1. The standard InChI is InChI=1S/C19H24N2S/c1-17-9-10-19(22-17)16-21-14-12-20(13-15-21)11-5-8-18-6-3-2-4-7-18/h2-10H,11-16H2,1H3. The number of aryl methyl sites for hydroxylation is 1. The Morgan fingerprint density at radius 3 is 2.36 bits per heavy atom. The Labute approximate surface area is 137 Å². The van der Waals surface area contributed by atoms with Gasteiger partial charge in [-0.15, -0.1) is 11.3 Å². The molecular formula is C19H24N2S. The van der Waals surface area contributed by atoms with Crippen molar-refractivity contribution in [2.45, 2.75) is 13.5 Å². The van der Waals surface area contributed by atoms with Gasteiger partial charge in [0.1, 0.15) is 0 Å². The van der Waals surface area contributed by atoms with Gasteiger partial charge < -0.3 is 0 Å². The lowest BCUT2D eigenvalue weighted by Crippen LogP contribution is -2.45. The summed E-state index contributed by atoms with van der Waals surface area (Å²) in [6.45, 7) is 9.05. The van der Waals surface area contributed by atoms with Gasteiger partial charge in [-0.25, -0.2) is 0 Å². The number of piperazine rings is 1. The molecule has 116 valence electrons. The molecular weight excluding hydrogens is 288 g/mol. The van der Waals surface area contributed by atoms with E-state index in [-0.39, 0.29) is 0 Å². The summed E-state index contributed by atoms with van der Waals surface area (Å²) in [6.07, 6.45) is 4.51. The summed E-state index contributed by atoms with van der Waals surface area (Å²) in [5.41, 5.74) is 1.29. The number of nitrogens with zero attached hydrogens (tertiary/aromatic N) is 2. The van der Waals surface area contributed by atoms with Gasteiger partial charge in [0.15, 0.2) is 0 Å². The summed E-state index contributed by atoms with van der Waals surface area (Å²) in [5, 5.41) is 0. The first kappa shape index (κ1) is 15.5. The van der Waals surface area contributed by atoms with Crippen LogP contribution in [0, 0.1) is 6.92 Å². The molecule has 0 radical (unpaired) electrons. The average molecular weight is 312 g/mol. The van der Waals surface area contributed by atoms with Gasteiger partial charge in [-0.05, 0) is 24.6 Å². The number of hydrogen-bond donors (Lipinski definition) is 0. The van der Waals surface area contributed by atoms with Crippen LogP contribution >= 0.6 is 11.3 Å². The number of benzene rings is 1. The fraction of sp³-hybridized carbons (Fsp3) is 0.368. The third kappa shape index (κ3) is 4.54. The minimum atomic E-state index is 1.06. The predicted molar refractivity (Wildman–Crippen MR) is 96.2 cm³/mol. The number of hydrogen-bond acceptors (Lipinski definition) is 3. The maximum absolute atomic E-state index is 2.57. The lowest BCUT2D eigenvalue weighted by atomic mass is 10.2. The minimum Gasteiger partial charge on any atom is -0.297 e. The van der Waals surface area contributed by atoms with Gasteiger partial charge in [-0.3, -0.25) is 9.80 Å². The summed E-state index contributed by atoms with van der Waals surface area (Å²) in [7, 11) is 0. The van der Waals surface area contributed by atoms with E-state index < -0.39 is 0 Å². The fourth-order valence-corrected chi connectivity index (χ4v) is 3.76. The van der Waals surface area contributed by atoms with Crippen molar-refractivity contribution in [3.8, 4) is 0 Å². The van der Waals surface area contributed by atoms with E-state index in [0.29, 0.717) is 0 Å². The largest absolute Gasteiger partial charge is 0.297 e. The highest BCUT2D eigenvalue weighted by Gasteiger charge is 2.16. The second-order valence-electron chi connectivity index (χ2n) is 5.90. The van der Waals surface area contributed by atoms with Crippen molar-refractivity contribution < 1.29 is 0 Å². The van der Waals surface area contributed by atoms with E-state index in [2.05, 4.69) is 71.3 Å². The van der Waals surface area contributed by atoms with Crippen molar-refractivity contribution in [1.29, 1.82) is 0 Å². The van der Waals surface area contributed by atoms with Crippen LogP contribution in [-0.2, 0) is 6.54 Å². The Kier molecular flexibility index (Phi) is 5.43.